The van der Waals surface area contributed by atoms with Crippen LogP contribution >= 0.6 is 11.6 Å². The average molecular weight is 448 g/mol. The fourth-order valence-electron chi connectivity index (χ4n) is 2.46. The molecule has 0 aliphatic heterocycles. The lowest BCUT2D eigenvalue weighted by atomic mass is 10.2. The normalized spacial score (nSPS) is 10.0. The van der Waals surface area contributed by atoms with E-state index in [1.807, 2.05) is 0 Å². The molecule has 0 saturated heterocycles. The zero-order chi connectivity index (χ0) is 22.8. The number of carbonyl (C=O) groups is 4. The summed E-state index contributed by atoms with van der Waals surface area (Å²) >= 11 is 5.89. The minimum Gasteiger partial charge on any atom is -0.495 e. The van der Waals surface area contributed by atoms with Crippen LogP contribution in [-0.4, -0.2) is 37.4 Å². The Balaban J connectivity index is 1.72. The number of nitrogens with one attached hydrogen (secondary N) is 3. The molecule has 164 valence electrons. The number of amides is 3. The molecule has 0 saturated carbocycles. The van der Waals surface area contributed by atoms with Gasteiger partial charge in [0.25, 0.3) is 5.91 Å². The van der Waals surface area contributed by atoms with E-state index in [4.69, 9.17) is 21.1 Å². The number of methoxy groups -OCH3 is 1. The van der Waals surface area contributed by atoms with Crippen molar-refractivity contribution in [2.45, 2.75) is 19.8 Å². The van der Waals surface area contributed by atoms with Gasteiger partial charge in [-0.2, -0.15) is 0 Å². The first-order chi connectivity index (χ1) is 14.8. The van der Waals surface area contributed by atoms with Gasteiger partial charge in [-0.1, -0.05) is 11.6 Å². The lowest BCUT2D eigenvalue weighted by molar-refractivity contribution is -0.147. The van der Waals surface area contributed by atoms with Crippen molar-refractivity contribution in [3.63, 3.8) is 0 Å². The smallest absolute Gasteiger partial charge is 0.306 e. The fraction of sp³-hybridized carbons (Fsp3) is 0.238. The predicted molar refractivity (Wildman–Crippen MR) is 116 cm³/mol. The largest absolute Gasteiger partial charge is 0.495 e. The second kappa shape index (κ2) is 11.6. The van der Waals surface area contributed by atoms with Crippen molar-refractivity contribution in [3.8, 4) is 5.75 Å². The summed E-state index contributed by atoms with van der Waals surface area (Å²) in [5.41, 5.74) is 1.46. The van der Waals surface area contributed by atoms with Crippen molar-refractivity contribution >= 4 is 52.4 Å². The first-order valence-corrected chi connectivity index (χ1v) is 9.61. The maximum Gasteiger partial charge on any atom is 0.306 e. The van der Waals surface area contributed by atoms with Crippen molar-refractivity contribution < 1.29 is 28.7 Å². The SMILES string of the molecule is COc1ccc(Cl)cc1NC(=O)COC(=O)CCC(=O)Nc1ccc(NC(C)=O)cc1. The number of benzene rings is 2. The van der Waals surface area contributed by atoms with Gasteiger partial charge in [-0.25, -0.2) is 0 Å². The Kier molecular flexibility index (Phi) is 8.83. The van der Waals surface area contributed by atoms with E-state index in [1.54, 1.807) is 36.4 Å². The Hall–Kier alpha value is -3.59. The number of halogens is 1. The third kappa shape index (κ3) is 8.35. The molecule has 31 heavy (non-hydrogen) atoms. The molecule has 2 aromatic carbocycles. The second-order valence-electron chi connectivity index (χ2n) is 6.36. The van der Waals surface area contributed by atoms with Crippen molar-refractivity contribution in [2.24, 2.45) is 0 Å². The topological polar surface area (TPSA) is 123 Å². The predicted octanol–water partition coefficient (Wildman–Crippen LogP) is 3.21. The maximum atomic E-state index is 12.0. The van der Waals surface area contributed by atoms with Gasteiger partial charge in [0.2, 0.25) is 11.8 Å². The summed E-state index contributed by atoms with van der Waals surface area (Å²) in [5.74, 6) is -1.44. The highest BCUT2D eigenvalue weighted by molar-refractivity contribution is 6.31. The summed E-state index contributed by atoms with van der Waals surface area (Å²) in [6.45, 7) is 0.882. The van der Waals surface area contributed by atoms with Crippen molar-refractivity contribution in [2.75, 3.05) is 29.7 Å². The van der Waals surface area contributed by atoms with Gasteiger partial charge in [0, 0.05) is 29.7 Å². The van der Waals surface area contributed by atoms with Crippen molar-refractivity contribution in [3.05, 3.63) is 47.5 Å². The van der Waals surface area contributed by atoms with Crippen LogP contribution in [0.2, 0.25) is 5.02 Å². The fourth-order valence-corrected chi connectivity index (χ4v) is 2.63. The number of carbonyl (C=O) groups excluding carboxylic acids is 4. The van der Waals surface area contributed by atoms with Gasteiger partial charge in [0.1, 0.15) is 5.75 Å². The average Bonchev–Trinajstić information content (AvgIpc) is 2.72. The highest BCUT2D eigenvalue weighted by atomic mass is 35.5. The van der Waals surface area contributed by atoms with Crippen LogP contribution in [0.4, 0.5) is 17.1 Å². The third-order valence-corrected chi connectivity index (χ3v) is 4.08. The molecule has 0 fully saturated rings. The van der Waals surface area contributed by atoms with Gasteiger partial charge in [0.05, 0.1) is 19.2 Å². The second-order valence-corrected chi connectivity index (χ2v) is 6.80. The molecule has 0 unspecified atom stereocenters. The lowest BCUT2D eigenvalue weighted by Gasteiger charge is -2.11. The van der Waals surface area contributed by atoms with Crippen molar-refractivity contribution in [1.29, 1.82) is 0 Å². The molecule has 0 heterocycles. The van der Waals surface area contributed by atoms with Gasteiger partial charge < -0.3 is 25.4 Å². The van der Waals surface area contributed by atoms with Crippen molar-refractivity contribution in [1.82, 2.24) is 0 Å². The maximum absolute atomic E-state index is 12.0. The highest BCUT2D eigenvalue weighted by Gasteiger charge is 2.13. The molecule has 0 bridgehead atoms. The minimum absolute atomic E-state index is 0.115. The summed E-state index contributed by atoms with van der Waals surface area (Å²) in [5, 5.41) is 8.19. The summed E-state index contributed by atoms with van der Waals surface area (Å²) < 4.78 is 10.0. The number of rotatable bonds is 9. The Morgan fingerprint density at radius 1 is 0.871 bits per heavy atom. The minimum atomic E-state index is -0.690. The molecular formula is C21H22ClN3O6. The van der Waals surface area contributed by atoms with E-state index < -0.39 is 24.4 Å². The van der Waals surface area contributed by atoms with Crippen LogP contribution in [0.15, 0.2) is 42.5 Å². The molecule has 9 nitrogen and oxygen atoms in total. The van der Waals surface area contributed by atoms with Crippen LogP contribution in [-0.2, 0) is 23.9 Å². The first-order valence-electron chi connectivity index (χ1n) is 9.23. The molecule has 2 rings (SSSR count). The Labute approximate surface area is 184 Å². The summed E-state index contributed by atoms with van der Waals surface area (Å²) in [6.07, 6.45) is -0.306. The van der Waals surface area contributed by atoms with E-state index in [0.717, 1.165) is 0 Å². The van der Waals surface area contributed by atoms with Crippen LogP contribution in [0.5, 0.6) is 5.75 Å². The highest BCUT2D eigenvalue weighted by Crippen LogP contribution is 2.27. The molecule has 3 amide bonds. The monoisotopic (exact) mass is 447 g/mol. The summed E-state index contributed by atoms with van der Waals surface area (Å²) in [7, 11) is 1.45. The lowest BCUT2D eigenvalue weighted by Crippen LogP contribution is -2.22. The zero-order valence-electron chi connectivity index (χ0n) is 17.0. The van der Waals surface area contributed by atoms with E-state index in [-0.39, 0.29) is 18.7 Å². The molecule has 10 heteroatoms. The summed E-state index contributed by atoms with van der Waals surface area (Å²) in [4.78, 5) is 46.8. The zero-order valence-corrected chi connectivity index (χ0v) is 17.7. The van der Waals surface area contributed by atoms with E-state index in [2.05, 4.69) is 16.0 Å². The molecule has 3 N–H and O–H groups in total. The number of hydrogen-bond donors (Lipinski definition) is 3. The van der Waals surface area contributed by atoms with Gasteiger partial charge in [-0.3, -0.25) is 19.2 Å². The molecule has 0 spiro atoms. The number of hydrogen-bond acceptors (Lipinski definition) is 6. The number of anilines is 3. The van der Waals surface area contributed by atoms with E-state index >= 15 is 0 Å². The Bertz CT molecular complexity index is 962. The van der Waals surface area contributed by atoms with Crippen LogP contribution in [0.25, 0.3) is 0 Å². The van der Waals surface area contributed by atoms with E-state index in [9.17, 15) is 19.2 Å². The molecule has 0 aromatic heterocycles. The summed E-state index contributed by atoms with van der Waals surface area (Å²) in [6, 6.07) is 11.2. The third-order valence-electron chi connectivity index (χ3n) is 3.85. The van der Waals surface area contributed by atoms with Crippen LogP contribution in [0.3, 0.4) is 0 Å². The van der Waals surface area contributed by atoms with Gasteiger partial charge in [-0.15, -0.1) is 0 Å². The standard InChI is InChI=1S/C21H22ClN3O6/c1-13(26)23-15-4-6-16(7-5-15)24-19(27)9-10-21(29)31-12-20(28)25-17-11-14(22)3-8-18(17)30-2/h3-8,11H,9-10,12H2,1-2H3,(H,23,26)(H,24,27)(H,25,28). The molecule has 0 aliphatic rings. The van der Waals surface area contributed by atoms with Crippen LogP contribution < -0.4 is 20.7 Å². The number of ether oxygens (including phenoxy) is 2. The van der Waals surface area contributed by atoms with Gasteiger partial charge in [0.15, 0.2) is 6.61 Å². The molecule has 0 radical (unpaired) electrons. The van der Waals surface area contributed by atoms with Gasteiger partial charge >= 0.3 is 5.97 Å². The molecular weight excluding hydrogens is 426 g/mol. The Morgan fingerprint density at radius 2 is 1.52 bits per heavy atom. The van der Waals surface area contributed by atoms with Crippen LogP contribution in [0, 0.1) is 0 Å². The molecule has 2 aromatic rings. The first kappa shape index (κ1) is 23.7. The molecule has 0 atom stereocenters. The quantitative estimate of drug-likeness (QED) is 0.507. The van der Waals surface area contributed by atoms with Crippen LogP contribution in [0.1, 0.15) is 19.8 Å². The van der Waals surface area contributed by atoms with E-state index in [0.29, 0.717) is 27.8 Å². The van der Waals surface area contributed by atoms with E-state index in [1.165, 1.54) is 20.1 Å². The van der Waals surface area contributed by atoms with Gasteiger partial charge in [-0.05, 0) is 42.5 Å². The molecule has 0 aliphatic carbocycles. The number of esters is 1. The Morgan fingerprint density at radius 3 is 2.13 bits per heavy atom.